The molecule has 1 N–H and O–H groups in total. The van der Waals surface area contributed by atoms with Crippen molar-refractivity contribution >= 4 is 37.9 Å². The summed E-state index contributed by atoms with van der Waals surface area (Å²) in [5.41, 5.74) is 0.177. The highest BCUT2D eigenvalue weighted by Crippen LogP contribution is 2.29. The summed E-state index contributed by atoms with van der Waals surface area (Å²) >= 11 is -1.81. The Hall–Kier alpha value is -2.88. The van der Waals surface area contributed by atoms with Gasteiger partial charge in [0.2, 0.25) is 5.09 Å². The Balaban J connectivity index is 1.73. The van der Waals surface area contributed by atoms with E-state index in [1.807, 2.05) is 0 Å². The number of fused-ring (bicyclic) bond motifs is 1. The van der Waals surface area contributed by atoms with E-state index in [9.17, 15) is 17.4 Å². The molecule has 1 unspecified atom stereocenters. The molecule has 2 aromatic heterocycles. The minimum Gasteiger partial charge on any atom is -0.605 e. The number of rotatable bonds is 5. The standard InChI is InChI=1S/C19H13FN2O4S2/c20-14-11-16(19(21-12-14)27(23)15-7-2-1-3-8-15)22-28(24,25)18-10-13-6-4-5-9-17(13)26-18/h1-12,22H. The van der Waals surface area contributed by atoms with Crippen LogP contribution in [0.3, 0.4) is 0 Å². The lowest BCUT2D eigenvalue weighted by Gasteiger charge is -2.13. The quantitative estimate of drug-likeness (QED) is 0.497. The van der Waals surface area contributed by atoms with E-state index >= 15 is 0 Å². The number of hydrogen-bond donors (Lipinski definition) is 1. The Bertz CT molecular complexity index is 1210. The molecule has 0 spiro atoms. The Morgan fingerprint density at radius 3 is 2.50 bits per heavy atom. The maximum atomic E-state index is 13.7. The van der Waals surface area contributed by atoms with Crippen LogP contribution < -0.4 is 4.72 Å². The van der Waals surface area contributed by atoms with Crippen molar-refractivity contribution in [2.45, 2.75) is 15.0 Å². The lowest BCUT2D eigenvalue weighted by molar-refractivity contribution is 0.484. The first kappa shape index (κ1) is 18.5. The highest BCUT2D eigenvalue weighted by atomic mass is 32.2. The lowest BCUT2D eigenvalue weighted by Crippen LogP contribution is -2.16. The van der Waals surface area contributed by atoms with Crippen LogP contribution in [0.4, 0.5) is 10.1 Å². The Morgan fingerprint density at radius 2 is 1.75 bits per heavy atom. The second kappa shape index (κ2) is 7.27. The first-order valence-corrected chi connectivity index (χ1v) is 10.7. The van der Waals surface area contributed by atoms with Crippen LogP contribution in [0.15, 0.2) is 92.4 Å². The van der Waals surface area contributed by atoms with E-state index < -0.39 is 27.0 Å². The van der Waals surface area contributed by atoms with Crippen molar-refractivity contribution in [1.82, 2.24) is 4.98 Å². The molecule has 0 aliphatic rings. The molecule has 6 nitrogen and oxygen atoms in total. The predicted octanol–water partition coefficient (Wildman–Crippen LogP) is 3.93. The second-order valence-electron chi connectivity index (χ2n) is 5.80. The summed E-state index contributed by atoms with van der Waals surface area (Å²) in [6.45, 7) is 0. The number of pyridine rings is 1. The number of benzene rings is 2. The molecule has 142 valence electrons. The van der Waals surface area contributed by atoms with Crippen molar-refractivity contribution in [1.29, 1.82) is 0 Å². The Kier molecular flexibility index (Phi) is 4.80. The number of hydrogen-bond acceptors (Lipinski definition) is 5. The predicted molar refractivity (Wildman–Crippen MR) is 102 cm³/mol. The number of halogens is 1. The molecule has 4 aromatic rings. The summed E-state index contributed by atoms with van der Waals surface area (Å²) in [6, 6.07) is 17.4. The summed E-state index contributed by atoms with van der Waals surface area (Å²) in [7, 11) is -4.19. The van der Waals surface area contributed by atoms with E-state index in [0.29, 0.717) is 15.9 Å². The van der Waals surface area contributed by atoms with Crippen LogP contribution in [0.5, 0.6) is 0 Å². The van der Waals surface area contributed by atoms with Gasteiger partial charge in [-0.3, -0.25) is 4.72 Å². The van der Waals surface area contributed by atoms with Gasteiger partial charge >= 0.3 is 0 Å². The highest BCUT2D eigenvalue weighted by Gasteiger charge is 2.27. The van der Waals surface area contributed by atoms with Gasteiger partial charge in [-0.25, -0.2) is 9.37 Å². The van der Waals surface area contributed by atoms with Gasteiger partial charge in [-0.1, -0.05) is 36.4 Å². The van der Waals surface area contributed by atoms with Gasteiger partial charge in [-0.05, 0) is 18.2 Å². The maximum Gasteiger partial charge on any atom is 0.295 e. The first-order chi connectivity index (χ1) is 13.4. The van der Waals surface area contributed by atoms with Crippen LogP contribution in [0, 0.1) is 5.82 Å². The number of aromatic nitrogens is 1. The fourth-order valence-corrected chi connectivity index (χ4v) is 4.77. The Morgan fingerprint density at radius 1 is 1.04 bits per heavy atom. The minimum atomic E-state index is -4.19. The topological polar surface area (TPSA) is 95.3 Å². The lowest BCUT2D eigenvalue weighted by atomic mass is 10.3. The van der Waals surface area contributed by atoms with E-state index in [2.05, 4.69) is 9.71 Å². The fourth-order valence-electron chi connectivity index (χ4n) is 2.59. The highest BCUT2D eigenvalue weighted by molar-refractivity contribution is 7.93. The summed E-state index contributed by atoms with van der Waals surface area (Å²) in [5.74, 6) is -0.767. The molecule has 9 heteroatoms. The molecule has 0 aliphatic heterocycles. The van der Waals surface area contributed by atoms with Gasteiger partial charge in [0.15, 0.2) is 4.90 Å². The van der Waals surface area contributed by atoms with E-state index in [1.54, 1.807) is 54.6 Å². The Labute approximate surface area is 163 Å². The van der Waals surface area contributed by atoms with Crippen molar-refractivity contribution in [2.75, 3.05) is 4.72 Å². The molecule has 0 amide bonds. The normalized spacial score (nSPS) is 12.8. The van der Waals surface area contributed by atoms with Crippen LogP contribution in [-0.2, 0) is 21.2 Å². The largest absolute Gasteiger partial charge is 0.605 e. The number of para-hydroxylation sites is 1. The summed E-state index contributed by atoms with van der Waals surface area (Å²) < 4.78 is 59.6. The van der Waals surface area contributed by atoms with E-state index in [4.69, 9.17) is 4.42 Å². The van der Waals surface area contributed by atoms with E-state index in [-0.39, 0.29) is 15.8 Å². The van der Waals surface area contributed by atoms with Gasteiger partial charge < -0.3 is 8.97 Å². The number of nitrogens with zero attached hydrogens (tertiary/aromatic N) is 1. The zero-order valence-corrected chi connectivity index (χ0v) is 15.8. The summed E-state index contributed by atoms with van der Waals surface area (Å²) in [4.78, 5) is 4.25. The molecule has 1 atom stereocenters. The molecule has 0 aliphatic carbocycles. The fraction of sp³-hybridized carbons (Fsp3) is 0. The van der Waals surface area contributed by atoms with Crippen LogP contribution in [0.1, 0.15) is 0 Å². The van der Waals surface area contributed by atoms with Gasteiger partial charge in [0.05, 0.1) is 6.20 Å². The smallest absolute Gasteiger partial charge is 0.295 e. The molecular weight excluding hydrogens is 403 g/mol. The van der Waals surface area contributed by atoms with Crippen LogP contribution in [0.25, 0.3) is 11.0 Å². The van der Waals surface area contributed by atoms with Crippen LogP contribution in [0.2, 0.25) is 0 Å². The SMILES string of the molecule is O=S(=O)(Nc1cc(F)cnc1[S+]([O-])c1ccccc1)c1cc2ccccc2o1. The van der Waals surface area contributed by atoms with Gasteiger partial charge in [-0.2, -0.15) is 8.42 Å². The molecule has 2 heterocycles. The number of furan rings is 1. The van der Waals surface area contributed by atoms with Gasteiger partial charge in [0.25, 0.3) is 15.0 Å². The molecule has 0 saturated heterocycles. The van der Waals surface area contributed by atoms with E-state index in [0.717, 1.165) is 12.3 Å². The molecule has 0 saturated carbocycles. The van der Waals surface area contributed by atoms with E-state index in [1.165, 1.54) is 6.07 Å². The zero-order chi connectivity index (χ0) is 19.7. The molecule has 4 rings (SSSR count). The average molecular weight is 416 g/mol. The van der Waals surface area contributed by atoms with Crippen LogP contribution in [-0.4, -0.2) is 18.0 Å². The van der Waals surface area contributed by atoms with Crippen molar-refractivity contribution < 1.29 is 21.8 Å². The van der Waals surface area contributed by atoms with Gasteiger partial charge in [0.1, 0.15) is 17.1 Å². The number of anilines is 1. The third kappa shape index (κ3) is 3.59. The van der Waals surface area contributed by atoms with Crippen LogP contribution >= 0.6 is 0 Å². The van der Waals surface area contributed by atoms with Crippen molar-refractivity contribution in [2.24, 2.45) is 0 Å². The molecule has 2 aromatic carbocycles. The summed E-state index contributed by atoms with van der Waals surface area (Å²) in [5, 5.41) is 0.162. The maximum absolute atomic E-state index is 13.7. The molecule has 0 bridgehead atoms. The van der Waals surface area contributed by atoms with Crippen molar-refractivity contribution in [3.63, 3.8) is 0 Å². The number of sulfonamides is 1. The average Bonchev–Trinajstić information content (AvgIpc) is 3.13. The molecular formula is C19H13FN2O4S2. The molecule has 0 radical (unpaired) electrons. The second-order valence-corrected chi connectivity index (χ2v) is 8.81. The zero-order valence-electron chi connectivity index (χ0n) is 14.2. The minimum absolute atomic E-state index is 0.104. The van der Waals surface area contributed by atoms with Crippen molar-refractivity contribution in [3.8, 4) is 0 Å². The van der Waals surface area contributed by atoms with Gasteiger partial charge in [-0.15, -0.1) is 0 Å². The van der Waals surface area contributed by atoms with Crippen molar-refractivity contribution in [3.05, 3.63) is 78.7 Å². The first-order valence-electron chi connectivity index (χ1n) is 8.08. The summed E-state index contributed by atoms with van der Waals surface area (Å²) in [6.07, 6.45) is 0.884. The monoisotopic (exact) mass is 416 g/mol. The number of nitrogens with one attached hydrogen (secondary N) is 1. The molecule has 28 heavy (non-hydrogen) atoms. The third-order valence-corrected chi connectivity index (χ3v) is 6.46. The molecule has 0 fully saturated rings. The third-order valence-electron chi connectivity index (χ3n) is 3.86. The van der Waals surface area contributed by atoms with Gasteiger partial charge in [0, 0.05) is 28.7 Å².